The number of halogens is 1. The lowest BCUT2D eigenvalue weighted by molar-refractivity contribution is -0.249. The van der Waals surface area contributed by atoms with Gasteiger partial charge in [-0.2, -0.15) is 0 Å². The molecule has 2 N–H and O–H groups in total. The minimum Gasteiger partial charge on any atom is -0.480 e. The molecule has 0 atom stereocenters. The number of aliphatic hydroxyl groups is 1. The van der Waals surface area contributed by atoms with Gasteiger partial charge in [-0.3, -0.25) is 4.79 Å². The fraction of sp³-hybridized carbons (Fsp3) is 0.273. The highest BCUT2D eigenvalue weighted by Gasteiger charge is 2.46. The van der Waals surface area contributed by atoms with E-state index in [1.807, 2.05) is 6.07 Å². The average molecular weight is 430 g/mol. The van der Waals surface area contributed by atoms with Crippen molar-refractivity contribution in [2.75, 3.05) is 5.32 Å². The summed E-state index contributed by atoms with van der Waals surface area (Å²) < 4.78 is 16.7. The third-order valence-corrected chi connectivity index (χ3v) is 5.22. The zero-order valence-electron chi connectivity index (χ0n) is 16.0. The Balaban J connectivity index is 1.56. The standard InChI is InChI=1S/C22H20ClNO6/c23-14-9-10-16(17(13-14)28-15-7-3-1-4-8-15)24-19(25)18-20(26)29-22(30-21(18)27)11-5-2-6-12-22/h1,3-4,7-10,13,26H,2,5-6,11-12H2,(H,24,25). The average Bonchev–Trinajstić information content (AvgIpc) is 2.71. The van der Waals surface area contributed by atoms with E-state index < -0.39 is 29.2 Å². The number of hydrogen-bond donors (Lipinski definition) is 2. The first-order chi connectivity index (χ1) is 14.5. The Kier molecular flexibility index (Phi) is 5.55. The summed E-state index contributed by atoms with van der Waals surface area (Å²) in [6.45, 7) is 0. The van der Waals surface area contributed by atoms with Crippen LogP contribution in [-0.4, -0.2) is 22.8 Å². The van der Waals surface area contributed by atoms with Crippen LogP contribution in [0.4, 0.5) is 5.69 Å². The van der Waals surface area contributed by atoms with Crippen molar-refractivity contribution < 1.29 is 28.9 Å². The van der Waals surface area contributed by atoms with Gasteiger partial charge in [0.05, 0.1) is 5.69 Å². The van der Waals surface area contributed by atoms with Crippen molar-refractivity contribution >= 4 is 29.2 Å². The number of benzene rings is 2. The first kappa shape index (κ1) is 20.1. The number of aliphatic hydroxyl groups excluding tert-OH is 1. The summed E-state index contributed by atoms with van der Waals surface area (Å²) in [6, 6.07) is 13.6. The number of rotatable bonds is 4. The van der Waals surface area contributed by atoms with E-state index >= 15 is 0 Å². The number of carbonyl (C=O) groups is 2. The molecule has 30 heavy (non-hydrogen) atoms. The smallest absolute Gasteiger partial charge is 0.354 e. The van der Waals surface area contributed by atoms with Gasteiger partial charge in [0.15, 0.2) is 5.75 Å². The van der Waals surface area contributed by atoms with Gasteiger partial charge < -0.3 is 24.6 Å². The van der Waals surface area contributed by atoms with E-state index in [9.17, 15) is 14.7 Å². The van der Waals surface area contributed by atoms with Crippen LogP contribution in [0.15, 0.2) is 60.0 Å². The van der Waals surface area contributed by atoms with E-state index in [1.165, 1.54) is 12.1 Å². The van der Waals surface area contributed by atoms with Crippen LogP contribution in [0.1, 0.15) is 32.1 Å². The zero-order valence-corrected chi connectivity index (χ0v) is 16.8. The van der Waals surface area contributed by atoms with Gasteiger partial charge in [0.25, 0.3) is 11.7 Å². The van der Waals surface area contributed by atoms with Crippen LogP contribution >= 0.6 is 11.6 Å². The molecule has 1 amide bonds. The molecule has 0 radical (unpaired) electrons. The second-order valence-corrected chi connectivity index (χ2v) is 7.59. The molecule has 0 saturated heterocycles. The van der Waals surface area contributed by atoms with Gasteiger partial charge >= 0.3 is 11.9 Å². The minimum atomic E-state index is -1.19. The lowest BCUT2D eigenvalue weighted by Crippen LogP contribution is -2.45. The predicted octanol–water partition coefficient (Wildman–Crippen LogP) is 5.07. The van der Waals surface area contributed by atoms with E-state index in [-0.39, 0.29) is 11.4 Å². The molecule has 1 heterocycles. The second kappa shape index (κ2) is 8.28. The maximum Gasteiger partial charge on any atom is 0.354 e. The molecular formula is C22H20ClNO6. The highest BCUT2D eigenvalue weighted by atomic mass is 35.5. The van der Waals surface area contributed by atoms with Gasteiger partial charge in [-0.1, -0.05) is 36.2 Å². The molecular weight excluding hydrogens is 410 g/mol. The number of anilines is 1. The molecule has 2 aromatic rings. The fourth-order valence-electron chi connectivity index (χ4n) is 3.52. The summed E-state index contributed by atoms with van der Waals surface area (Å²) in [7, 11) is 0. The molecule has 0 aromatic heterocycles. The van der Waals surface area contributed by atoms with Gasteiger partial charge in [-0.05, 0) is 37.1 Å². The van der Waals surface area contributed by atoms with Gasteiger partial charge in [-0.15, -0.1) is 0 Å². The normalized spacial score (nSPS) is 17.8. The van der Waals surface area contributed by atoms with Crippen LogP contribution in [0.3, 0.4) is 0 Å². The molecule has 1 fully saturated rings. The number of hydrogen-bond acceptors (Lipinski definition) is 6. The van der Waals surface area contributed by atoms with Crippen molar-refractivity contribution in [1.29, 1.82) is 0 Å². The first-order valence-electron chi connectivity index (χ1n) is 9.65. The van der Waals surface area contributed by atoms with Gasteiger partial charge in [0.1, 0.15) is 5.75 Å². The maximum absolute atomic E-state index is 12.8. The number of para-hydroxylation sites is 1. The Morgan fingerprint density at radius 2 is 1.80 bits per heavy atom. The van der Waals surface area contributed by atoms with Crippen molar-refractivity contribution in [3.05, 3.63) is 65.1 Å². The molecule has 7 nitrogen and oxygen atoms in total. The summed E-state index contributed by atoms with van der Waals surface area (Å²) in [4.78, 5) is 25.3. The fourth-order valence-corrected chi connectivity index (χ4v) is 3.69. The van der Waals surface area contributed by atoms with Crippen molar-refractivity contribution in [1.82, 2.24) is 0 Å². The van der Waals surface area contributed by atoms with E-state index in [2.05, 4.69) is 5.32 Å². The van der Waals surface area contributed by atoms with E-state index in [1.54, 1.807) is 30.3 Å². The summed E-state index contributed by atoms with van der Waals surface area (Å²) in [6.07, 6.45) is 3.58. The molecule has 1 spiro atoms. The Bertz CT molecular complexity index is 998. The quantitative estimate of drug-likeness (QED) is 0.520. The molecule has 4 rings (SSSR count). The summed E-state index contributed by atoms with van der Waals surface area (Å²) >= 11 is 6.06. The SMILES string of the molecule is O=C(Nc1ccc(Cl)cc1Oc1ccccc1)C1=C(O)OC2(CCCCC2)OC1=O. The zero-order chi connectivity index (χ0) is 21.1. The number of ether oxygens (including phenoxy) is 3. The predicted molar refractivity (Wildman–Crippen MR) is 109 cm³/mol. The van der Waals surface area contributed by atoms with Crippen LogP contribution in [0.25, 0.3) is 0 Å². The molecule has 0 unspecified atom stereocenters. The Morgan fingerprint density at radius 1 is 1.07 bits per heavy atom. The minimum absolute atomic E-state index is 0.263. The third-order valence-electron chi connectivity index (χ3n) is 4.98. The van der Waals surface area contributed by atoms with Gasteiger partial charge in [-0.25, -0.2) is 4.79 Å². The van der Waals surface area contributed by atoms with Crippen LogP contribution < -0.4 is 10.1 Å². The molecule has 156 valence electrons. The first-order valence-corrected chi connectivity index (χ1v) is 10.0. The Labute approximate surface area is 178 Å². The van der Waals surface area contributed by atoms with Gasteiger partial charge in [0.2, 0.25) is 5.57 Å². The van der Waals surface area contributed by atoms with Crippen molar-refractivity contribution in [3.63, 3.8) is 0 Å². The molecule has 2 aliphatic rings. The van der Waals surface area contributed by atoms with E-state index in [0.29, 0.717) is 23.6 Å². The molecule has 1 aliphatic heterocycles. The molecule has 1 saturated carbocycles. The van der Waals surface area contributed by atoms with Crippen LogP contribution in [-0.2, 0) is 19.1 Å². The Hall–Kier alpha value is -3.19. The number of esters is 1. The molecule has 0 bridgehead atoms. The van der Waals surface area contributed by atoms with E-state index in [0.717, 1.165) is 19.3 Å². The summed E-state index contributed by atoms with van der Waals surface area (Å²) in [5.41, 5.74) is -0.328. The number of nitrogens with one attached hydrogen (secondary N) is 1. The third kappa shape index (κ3) is 4.21. The molecule has 8 heteroatoms. The van der Waals surface area contributed by atoms with E-state index in [4.69, 9.17) is 25.8 Å². The number of amides is 1. The molecule has 1 aliphatic carbocycles. The summed E-state index contributed by atoms with van der Waals surface area (Å²) in [5.74, 6) is -2.90. The largest absolute Gasteiger partial charge is 0.480 e. The van der Waals surface area contributed by atoms with Crippen molar-refractivity contribution in [2.45, 2.75) is 37.9 Å². The monoisotopic (exact) mass is 429 g/mol. The lowest BCUT2D eigenvalue weighted by Gasteiger charge is -2.38. The topological polar surface area (TPSA) is 94.1 Å². The highest BCUT2D eigenvalue weighted by molar-refractivity contribution is 6.31. The maximum atomic E-state index is 12.8. The second-order valence-electron chi connectivity index (χ2n) is 7.15. The molecule has 2 aromatic carbocycles. The lowest BCUT2D eigenvalue weighted by atomic mass is 9.93. The van der Waals surface area contributed by atoms with Gasteiger partial charge in [0, 0.05) is 23.9 Å². The van der Waals surface area contributed by atoms with Crippen molar-refractivity contribution in [2.24, 2.45) is 0 Å². The van der Waals surface area contributed by atoms with Crippen LogP contribution in [0.2, 0.25) is 5.02 Å². The van der Waals surface area contributed by atoms with Crippen LogP contribution in [0, 0.1) is 0 Å². The highest BCUT2D eigenvalue weighted by Crippen LogP contribution is 2.39. The summed E-state index contributed by atoms with van der Waals surface area (Å²) in [5, 5.41) is 13.3. The Morgan fingerprint density at radius 3 is 2.50 bits per heavy atom. The number of carbonyl (C=O) groups excluding carboxylic acids is 2. The van der Waals surface area contributed by atoms with Crippen molar-refractivity contribution in [3.8, 4) is 11.5 Å². The van der Waals surface area contributed by atoms with Crippen LogP contribution in [0.5, 0.6) is 11.5 Å².